The van der Waals surface area contributed by atoms with Gasteiger partial charge in [-0.2, -0.15) is 0 Å². The van der Waals surface area contributed by atoms with Gasteiger partial charge in [-0.25, -0.2) is 4.99 Å². The van der Waals surface area contributed by atoms with Crippen molar-refractivity contribution in [3.8, 4) is 0 Å². The molecule has 15 heavy (non-hydrogen) atoms. The van der Waals surface area contributed by atoms with Gasteiger partial charge < -0.3 is 4.90 Å². The van der Waals surface area contributed by atoms with Gasteiger partial charge in [-0.3, -0.25) is 0 Å². The van der Waals surface area contributed by atoms with Crippen LogP contribution in [-0.2, 0) is 6.54 Å². The van der Waals surface area contributed by atoms with E-state index in [1.54, 1.807) is 0 Å². The topological polar surface area (TPSA) is 15.6 Å². The molecule has 3 rings (SSSR count). The van der Waals surface area contributed by atoms with E-state index in [-0.39, 0.29) is 0 Å². The Bertz CT molecular complexity index is 421. The Morgan fingerprint density at radius 2 is 2.20 bits per heavy atom. The molecule has 0 unspecified atom stereocenters. The summed E-state index contributed by atoms with van der Waals surface area (Å²) in [6.45, 7) is 4.40. The number of hydrogen-bond acceptors (Lipinski definition) is 2. The third kappa shape index (κ3) is 1.54. The molecule has 1 aromatic rings. The first-order chi connectivity index (χ1) is 7.33. The monoisotopic (exact) mass is 200 g/mol. The quantitative estimate of drug-likeness (QED) is 0.628. The third-order valence-electron chi connectivity index (χ3n) is 3.29. The Morgan fingerprint density at radius 3 is 3.13 bits per heavy atom. The van der Waals surface area contributed by atoms with Crippen LogP contribution < -0.4 is 0 Å². The van der Waals surface area contributed by atoms with Gasteiger partial charge in [-0.15, -0.1) is 0 Å². The molecule has 1 fully saturated rings. The highest BCUT2D eigenvalue weighted by Gasteiger charge is 2.21. The first kappa shape index (κ1) is 8.96. The van der Waals surface area contributed by atoms with Crippen LogP contribution in [-0.4, -0.2) is 17.3 Å². The van der Waals surface area contributed by atoms with E-state index in [0.717, 1.165) is 13.0 Å². The molecular weight excluding hydrogens is 184 g/mol. The lowest BCUT2D eigenvalue weighted by molar-refractivity contribution is 0.359. The lowest BCUT2D eigenvalue weighted by atomic mass is 10.0. The van der Waals surface area contributed by atoms with Gasteiger partial charge in [0.2, 0.25) is 0 Å². The fourth-order valence-electron chi connectivity index (χ4n) is 2.46. The Hall–Kier alpha value is -1.31. The molecule has 0 amide bonds. The second-order valence-electron chi connectivity index (χ2n) is 4.54. The van der Waals surface area contributed by atoms with Crippen LogP contribution in [0.15, 0.2) is 23.2 Å². The second kappa shape index (κ2) is 3.37. The minimum atomic E-state index is 1.07. The van der Waals surface area contributed by atoms with Crippen molar-refractivity contribution in [2.24, 2.45) is 4.99 Å². The molecule has 1 saturated heterocycles. The Labute approximate surface area is 90.6 Å². The fourth-order valence-corrected chi connectivity index (χ4v) is 2.46. The average molecular weight is 200 g/mol. The van der Waals surface area contributed by atoms with Gasteiger partial charge in [0.05, 0.1) is 5.69 Å². The second-order valence-corrected chi connectivity index (χ2v) is 4.54. The highest BCUT2D eigenvalue weighted by molar-refractivity contribution is 5.87. The van der Waals surface area contributed by atoms with Crippen molar-refractivity contribution in [1.82, 2.24) is 4.90 Å². The van der Waals surface area contributed by atoms with Crippen LogP contribution in [0.2, 0.25) is 0 Å². The molecule has 0 spiro atoms. The zero-order valence-corrected chi connectivity index (χ0v) is 9.16. The van der Waals surface area contributed by atoms with Gasteiger partial charge in [-0.05, 0) is 31.4 Å². The number of amidine groups is 1. The molecule has 0 bridgehead atoms. The highest BCUT2D eigenvalue weighted by atomic mass is 15.2. The van der Waals surface area contributed by atoms with Crippen LogP contribution in [0.4, 0.5) is 5.69 Å². The Kier molecular flexibility index (Phi) is 2.01. The molecule has 0 saturated carbocycles. The zero-order chi connectivity index (χ0) is 10.3. The van der Waals surface area contributed by atoms with Crippen molar-refractivity contribution in [3.05, 3.63) is 29.3 Å². The van der Waals surface area contributed by atoms with Crippen molar-refractivity contribution < 1.29 is 0 Å². The van der Waals surface area contributed by atoms with Crippen molar-refractivity contribution in [2.75, 3.05) is 6.54 Å². The first-order valence-electron chi connectivity index (χ1n) is 5.75. The average Bonchev–Trinajstić information content (AvgIpc) is 2.26. The van der Waals surface area contributed by atoms with E-state index in [0.29, 0.717) is 0 Å². The summed E-state index contributed by atoms with van der Waals surface area (Å²) >= 11 is 0. The minimum Gasteiger partial charge on any atom is -0.356 e. The molecule has 1 aromatic carbocycles. The first-order valence-corrected chi connectivity index (χ1v) is 5.75. The number of aryl methyl sites for hydroxylation is 1. The SMILES string of the molecule is Cc1ccc2c(c1)CN1CCCCC1=N2. The number of aliphatic imine (C=N–C) groups is 1. The molecule has 0 aromatic heterocycles. The molecule has 2 heterocycles. The summed E-state index contributed by atoms with van der Waals surface area (Å²) in [4.78, 5) is 7.19. The fraction of sp³-hybridized carbons (Fsp3) is 0.462. The van der Waals surface area contributed by atoms with E-state index in [1.807, 2.05) is 0 Å². The molecule has 0 aliphatic carbocycles. The molecule has 0 atom stereocenters. The van der Waals surface area contributed by atoms with E-state index in [1.165, 1.54) is 42.0 Å². The van der Waals surface area contributed by atoms with Crippen LogP contribution in [0, 0.1) is 6.92 Å². The maximum Gasteiger partial charge on any atom is 0.105 e. The molecule has 78 valence electrons. The van der Waals surface area contributed by atoms with E-state index in [2.05, 4.69) is 30.0 Å². The Morgan fingerprint density at radius 1 is 1.27 bits per heavy atom. The van der Waals surface area contributed by atoms with Crippen molar-refractivity contribution in [2.45, 2.75) is 32.7 Å². The molecule has 2 aliphatic heterocycles. The number of hydrogen-bond donors (Lipinski definition) is 0. The Balaban J connectivity index is 2.03. The van der Waals surface area contributed by atoms with Crippen LogP contribution >= 0.6 is 0 Å². The van der Waals surface area contributed by atoms with E-state index >= 15 is 0 Å². The maximum atomic E-state index is 4.75. The predicted molar refractivity (Wildman–Crippen MR) is 62.5 cm³/mol. The van der Waals surface area contributed by atoms with Crippen molar-refractivity contribution in [1.29, 1.82) is 0 Å². The van der Waals surface area contributed by atoms with E-state index < -0.39 is 0 Å². The summed E-state index contributed by atoms with van der Waals surface area (Å²) in [6.07, 6.45) is 3.78. The van der Waals surface area contributed by atoms with Gasteiger partial charge in [0.1, 0.15) is 5.84 Å². The van der Waals surface area contributed by atoms with Crippen LogP contribution in [0.1, 0.15) is 30.4 Å². The smallest absolute Gasteiger partial charge is 0.105 e. The number of nitrogens with zero attached hydrogens (tertiary/aromatic N) is 2. The van der Waals surface area contributed by atoms with Crippen molar-refractivity contribution >= 4 is 11.5 Å². The normalized spacial score (nSPS) is 19.3. The summed E-state index contributed by atoms with van der Waals surface area (Å²) in [5, 5.41) is 0. The van der Waals surface area contributed by atoms with Gasteiger partial charge in [0, 0.05) is 19.5 Å². The summed E-state index contributed by atoms with van der Waals surface area (Å²) in [6, 6.07) is 6.58. The summed E-state index contributed by atoms with van der Waals surface area (Å²) in [5.74, 6) is 1.30. The summed E-state index contributed by atoms with van der Waals surface area (Å²) in [5.41, 5.74) is 3.92. The van der Waals surface area contributed by atoms with Gasteiger partial charge in [0.25, 0.3) is 0 Å². The zero-order valence-electron chi connectivity index (χ0n) is 9.16. The minimum absolute atomic E-state index is 1.07. The third-order valence-corrected chi connectivity index (χ3v) is 3.29. The van der Waals surface area contributed by atoms with E-state index in [4.69, 9.17) is 4.99 Å². The lowest BCUT2D eigenvalue weighted by Gasteiger charge is -2.34. The molecule has 2 heteroatoms. The number of rotatable bonds is 0. The molecule has 2 nitrogen and oxygen atoms in total. The number of fused-ring (bicyclic) bond motifs is 2. The highest BCUT2D eigenvalue weighted by Crippen LogP contribution is 2.30. The largest absolute Gasteiger partial charge is 0.356 e. The standard InChI is InChI=1S/C13H16N2/c1-10-5-6-12-11(8-10)9-15-7-3-2-4-13(15)14-12/h5-6,8H,2-4,7,9H2,1H3. The summed E-state index contributed by atoms with van der Waals surface area (Å²) < 4.78 is 0. The van der Waals surface area contributed by atoms with Crippen LogP contribution in [0.3, 0.4) is 0 Å². The molecular formula is C13H16N2. The van der Waals surface area contributed by atoms with Crippen molar-refractivity contribution in [3.63, 3.8) is 0 Å². The molecule has 2 aliphatic rings. The lowest BCUT2D eigenvalue weighted by Crippen LogP contribution is -2.36. The molecule has 0 radical (unpaired) electrons. The van der Waals surface area contributed by atoms with Crippen LogP contribution in [0.25, 0.3) is 0 Å². The van der Waals surface area contributed by atoms with Crippen LogP contribution in [0.5, 0.6) is 0 Å². The van der Waals surface area contributed by atoms with E-state index in [9.17, 15) is 0 Å². The predicted octanol–water partition coefficient (Wildman–Crippen LogP) is 3.02. The summed E-state index contributed by atoms with van der Waals surface area (Å²) in [7, 11) is 0. The van der Waals surface area contributed by atoms with Gasteiger partial charge in [-0.1, -0.05) is 17.7 Å². The van der Waals surface area contributed by atoms with Gasteiger partial charge in [0.15, 0.2) is 0 Å². The molecule has 0 N–H and O–H groups in total. The number of benzene rings is 1. The maximum absolute atomic E-state index is 4.75. The van der Waals surface area contributed by atoms with Gasteiger partial charge >= 0.3 is 0 Å². The number of piperidine rings is 1.